The average Bonchev–Trinajstić information content (AvgIpc) is 3.08. The van der Waals surface area contributed by atoms with E-state index < -0.39 is 112 Å². The number of rotatable bonds is 17. The van der Waals surface area contributed by atoms with Crippen molar-refractivity contribution >= 4 is 84.1 Å². The third-order valence-corrected chi connectivity index (χ3v) is 13.2. The molecule has 0 saturated heterocycles. The minimum atomic E-state index is -5.29. The van der Waals surface area contributed by atoms with Crippen LogP contribution in [0.1, 0.15) is 10.4 Å². The first kappa shape index (κ1) is 43.3. The highest BCUT2D eigenvalue weighted by Crippen LogP contribution is 2.46. The number of benzene rings is 4. The number of anilines is 1. The Kier molecular flexibility index (Phi) is 13.2. The van der Waals surface area contributed by atoms with Crippen molar-refractivity contribution < 1.29 is 69.8 Å². The first-order chi connectivity index (χ1) is 25.4. The average molecular weight is 865 g/mol. The number of carbonyl (C=O) groups is 1. The zero-order chi connectivity index (χ0) is 41.0. The number of nitrogens with zero attached hydrogens (tertiary/aromatic N) is 3. The molecule has 0 atom stereocenters. The first-order valence-corrected chi connectivity index (χ1v) is 23.0. The fourth-order valence-electron chi connectivity index (χ4n) is 4.84. The summed E-state index contributed by atoms with van der Waals surface area (Å²) in [5.41, 5.74) is -1.11. The normalized spacial score (nSPS) is 13.1. The number of fused-ring (bicyclic) bond motifs is 1. The van der Waals surface area contributed by atoms with E-state index in [1.807, 2.05) is 0 Å². The van der Waals surface area contributed by atoms with Crippen LogP contribution in [0.4, 0.5) is 17.1 Å². The SMILES string of the molecule is CN(CCS(=O)(=O)CCOS(=O)(=O)O)CCS(=O)(=O)c1ccc(N=Nc2c(S(=O)(=O)O)cc3c(S(=O)(=O)O)ccc(NC(=O)c4ccccc4)c3c2O)cc1. The maximum Gasteiger partial charge on any atom is 0.397 e. The van der Waals surface area contributed by atoms with E-state index in [-0.39, 0.29) is 34.9 Å². The van der Waals surface area contributed by atoms with Gasteiger partial charge in [0, 0.05) is 24.0 Å². The van der Waals surface area contributed by atoms with Gasteiger partial charge in [0.25, 0.3) is 26.1 Å². The second kappa shape index (κ2) is 16.7. The summed E-state index contributed by atoms with van der Waals surface area (Å²) in [7, 11) is -21.5. The number of azo groups is 1. The number of hydrogen-bond donors (Lipinski definition) is 5. The lowest BCUT2D eigenvalue weighted by Crippen LogP contribution is -2.31. The minimum absolute atomic E-state index is 0.0932. The molecule has 1 amide bonds. The van der Waals surface area contributed by atoms with Crippen molar-refractivity contribution in [2.75, 3.05) is 49.3 Å². The Hall–Kier alpha value is -4.44. The molecule has 298 valence electrons. The number of hydrogen-bond acceptors (Lipinski definition) is 16. The Morgan fingerprint density at radius 2 is 1.35 bits per heavy atom. The molecule has 0 aromatic heterocycles. The molecule has 0 saturated carbocycles. The molecule has 20 nitrogen and oxygen atoms in total. The molecular weight excluding hydrogens is 833 g/mol. The number of carbonyl (C=O) groups excluding carboxylic acids is 1. The van der Waals surface area contributed by atoms with Crippen molar-refractivity contribution in [3.63, 3.8) is 0 Å². The molecule has 0 aliphatic rings. The van der Waals surface area contributed by atoms with Crippen molar-refractivity contribution in [1.29, 1.82) is 0 Å². The van der Waals surface area contributed by atoms with Crippen LogP contribution < -0.4 is 5.32 Å². The molecule has 0 bridgehead atoms. The highest BCUT2D eigenvalue weighted by molar-refractivity contribution is 7.91. The number of phenolic OH excluding ortho intramolecular Hbond substituents is 1. The Morgan fingerprint density at radius 3 is 1.93 bits per heavy atom. The monoisotopic (exact) mass is 864 g/mol. The van der Waals surface area contributed by atoms with Gasteiger partial charge < -0.3 is 15.3 Å². The van der Waals surface area contributed by atoms with Gasteiger partial charge >= 0.3 is 10.4 Å². The lowest BCUT2D eigenvalue weighted by molar-refractivity contribution is 0.102. The maximum absolute atomic E-state index is 13.0. The first-order valence-electron chi connectivity index (χ1n) is 15.3. The van der Waals surface area contributed by atoms with E-state index in [0.717, 1.165) is 36.4 Å². The van der Waals surface area contributed by atoms with Crippen LogP contribution in [0.5, 0.6) is 5.75 Å². The van der Waals surface area contributed by atoms with Crippen LogP contribution in [-0.4, -0.2) is 116 Å². The van der Waals surface area contributed by atoms with E-state index in [4.69, 9.17) is 4.55 Å². The van der Waals surface area contributed by atoms with Crippen molar-refractivity contribution in [3.8, 4) is 5.75 Å². The fraction of sp³-hybridized carbons (Fsp3) is 0.233. The molecular formula is C30H32N4O16S5. The number of phenols is 1. The van der Waals surface area contributed by atoms with Crippen molar-refractivity contribution in [2.24, 2.45) is 10.2 Å². The van der Waals surface area contributed by atoms with Gasteiger partial charge in [0.05, 0.1) is 45.5 Å². The third kappa shape index (κ3) is 11.8. The van der Waals surface area contributed by atoms with Gasteiger partial charge in [-0.3, -0.25) is 18.5 Å². The van der Waals surface area contributed by atoms with Crippen LogP contribution in [0.2, 0.25) is 0 Å². The van der Waals surface area contributed by atoms with Gasteiger partial charge in [-0.05, 0) is 61.6 Å². The zero-order valence-electron chi connectivity index (χ0n) is 28.2. The summed E-state index contributed by atoms with van der Waals surface area (Å²) in [6.07, 6.45) is 0. The molecule has 4 rings (SSSR count). The largest absolute Gasteiger partial charge is 0.505 e. The maximum atomic E-state index is 13.0. The van der Waals surface area contributed by atoms with Gasteiger partial charge in [0.15, 0.2) is 25.4 Å². The minimum Gasteiger partial charge on any atom is -0.505 e. The molecule has 4 aromatic rings. The molecule has 0 spiro atoms. The Morgan fingerprint density at radius 1 is 0.745 bits per heavy atom. The second-order valence-corrected chi connectivity index (χ2v) is 19.9. The van der Waals surface area contributed by atoms with Gasteiger partial charge in [-0.2, -0.15) is 30.4 Å². The summed E-state index contributed by atoms with van der Waals surface area (Å²) in [4.78, 5) is 12.1. The van der Waals surface area contributed by atoms with Gasteiger partial charge in [-0.25, -0.2) is 21.0 Å². The van der Waals surface area contributed by atoms with Crippen LogP contribution in [0.25, 0.3) is 10.8 Å². The molecule has 0 radical (unpaired) electrons. The standard InChI is InChI=1S/C30H32N4O16S5/c1-34(13-16-51(37,38)18-15-50-55(47,48)49)14-17-52(39,40)22-9-7-21(8-10-22)32-33-28-26(54(44,45)46)19-23-25(53(41,42)43)12-11-24(27(23)29(28)35)31-30(36)20-5-3-2-4-6-20/h2-12,19,35H,13-18H2,1H3,(H,31,36)(H,41,42,43)(H,44,45,46)(H,47,48,49). The van der Waals surface area contributed by atoms with Crippen molar-refractivity contribution in [1.82, 2.24) is 4.90 Å². The second-order valence-electron chi connectivity index (χ2n) is 11.6. The van der Waals surface area contributed by atoms with Gasteiger partial charge in [-0.1, -0.05) is 18.2 Å². The molecule has 55 heavy (non-hydrogen) atoms. The summed E-state index contributed by atoms with van der Waals surface area (Å²) in [5, 5.41) is 20.2. The highest BCUT2D eigenvalue weighted by Gasteiger charge is 2.28. The van der Waals surface area contributed by atoms with E-state index >= 15 is 0 Å². The van der Waals surface area contributed by atoms with Gasteiger partial charge in [0.2, 0.25) is 0 Å². The topological polar surface area (TPSA) is 318 Å². The third-order valence-electron chi connectivity index (χ3n) is 7.63. The lowest BCUT2D eigenvalue weighted by atomic mass is 10.1. The van der Waals surface area contributed by atoms with E-state index in [1.54, 1.807) is 18.2 Å². The quantitative estimate of drug-likeness (QED) is 0.0752. The number of aromatic hydroxyl groups is 1. The predicted octanol–water partition coefficient (Wildman–Crippen LogP) is 2.65. The molecule has 4 aromatic carbocycles. The van der Waals surface area contributed by atoms with Crippen LogP contribution in [0, 0.1) is 0 Å². The summed E-state index contributed by atoms with van der Waals surface area (Å²) in [6, 6.07) is 14.7. The summed E-state index contributed by atoms with van der Waals surface area (Å²) in [5.74, 6) is -3.43. The number of sulfone groups is 2. The molecule has 0 aliphatic heterocycles. The van der Waals surface area contributed by atoms with Crippen LogP contribution in [0.15, 0.2) is 97.7 Å². The van der Waals surface area contributed by atoms with Crippen molar-refractivity contribution in [2.45, 2.75) is 14.7 Å². The Labute approximate surface area is 315 Å². The molecule has 5 N–H and O–H groups in total. The van der Waals surface area contributed by atoms with E-state index in [1.165, 1.54) is 24.1 Å². The van der Waals surface area contributed by atoms with Crippen LogP contribution in [-0.2, 0) is 54.5 Å². The fourth-order valence-corrected chi connectivity index (χ4v) is 9.03. The molecule has 0 fully saturated rings. The Balaban J connectivity index is 1.60. The van der Waals surface area contributed by atoms with Crippen LogP contribution >= 0.6 is 0 Å². The van der Waals surface area contributed by atoms with Crippen LogP contribution in [0.3, 0.4) is 0 Å². The summed E-state index contributed by atoms with van der Waals surface area (Å²) < 4.78 is 153. The summed E-state index contributed by atoms with van der Waals surface area (Å²) >= 11 is 0. The Bertz CT molecular complexity index is 2690. The lowest BCUT2D eigenvalue weighted by Gasteiger charge is -2.16. The number of nitrogens with one attached hydrogen (secondary N) is 1. The number of amides is 1. The van der Waals surface area contributed by atoms with Crippen molar-refractivity contribution in [3.05, 3.63) is 78.4 Å². The van der Waals surface area contributed by atoms with E-state index in [0.29, 0.717) is 6.07 Å². The summed E-state index contributed by atoms with van der Waals surface area (Å²) in [6.45, 7) is -1.03. The highest BCUT2D eigenvalue weighted by atomic mass is 32.3. The van der Waals surface area contributed by atoms with Gasteiger partial charge in [-0.15, -0.1) is 5.11 Å². The molecule has 0 heterocycles. The molecule has 0 unspecified atom stereocenters. The molecule has 25 heteroatoms. The zero-order valence-corrected chi connectivity index (χ0v) is 32.3. The van der Waals surface area contributed by atoms with Gasteiger partial charge in [0.1, 0.15) is 15.5 Å². The van der Waals surface area contributed by atoms with E-state index in [2.05, 4.69) is 19.7 Å². The predicted molar refractivity (Wildman–Crippen MR) is 196 cm³/mol. The van der Waals surface area contributed by atoms with E-state index in [9.17, 15) is 61.1 Å². The molecule has 0 aliphatic carbocycles. The smallest absolute Gasteiger partial charge is 0.397 e.